The third-order valence-electron chi connectivity index (χ3n) is 4.20. The van der Waals surface area contributed by atoms with Gasteiger partial charge in [-0.2, -0.15) is 0 Å². The minimum atomic E-state index is 0.575. The number of benzene rings is 1. The van der Waals surface area contributed by atoms with E-state index in [1.54, 1.807) is 7.11 Å². The Bertz CT molecular complexity index is 702. The molecule has 0 atom stereocenters. The van der Waals surface area contributed by atoms with E-state index in [-0.39, 0.29) is 0 Å². The van der Waals surface area contributed by atoms with Crippen LogP contribution >= 0.6 is 0 Å². The molecule has 1 aromatic heterocycles. The summed E-state index contributed by atoms with van der Waals surface area (Å²) in [5, 5.41) is 3.10. The molecule has 1 aromatic carbocycles. The van der Waals surface area contributed by atoms with E-state index in [1.165, 1.54) is 19.3 Å². The van der Waals surface area contributed by atoms with Crippen molar-refractivity contribution in [1.82, 2.24) is 9.97 Å². The Balaban J connectivity index is 2.24. The van der Waals surface area contributed by atoms with Gasteiger partial charge in [0.15, 0.2) is 5.82 Å². The predicted molar refractivity (Wildman–Crippen MR) is 103 cm³/mol. The zero-order valence-electron chi connectivity index (χ0n) is 16.0. The molecule has 0 unspecified atom stereocenters. The van der Waals surface area contributed by atoms with Gasteiger partial charge in [0.2, 0.25) is 0 Å². The van der Waals surface area contributed by atoms with E-state index in [4.69, 9.17) is 14.5 Å². The molecule has 136 valence electrons. The highest BCUT2D eigenvalue weighted by atomic mass is 16.5. The maximum Gasteiger partial charge on any atom is 0.257 e. The van der Waals surface area contributed by atoms with Crippen molar-refractivity contribution < 1.29 is 9.47 Å². The molecule has 0 aliphatic heterocycles. The Labute approximate surface area is 150 Å². The summed E-state index contributed by atoms with van der Waals surface area (Å²) >= 11 is 0. The van der Waals surface area contributed by atoms with E-state index in [2.05, 4.69) is 24.1 Å². The molecule has 0 bridgehead atoms. The van der Waals surface area contributed by atoms with Gasteiger partial charge < -0.3 is 14.8 Å². The average molecular weight is 343 g/mol. The van der Waals surface area contributed by atoms with E-state index in [9.17, 15) is 0 Å². The van der Waals surface area contributed by atoms with Gasteiger partial charge in [-0.3, -0.25) is 0 Å². The highest BCUT2D eigenvalue weighted by Gasteiger charge is 2.15. The number of unbranched alkanes of at least 4 members (excludes halogenated alkanes) is 3. The monoisotopic (exact) mass is 343 g/mol. The molecule has 25 heavy (non-hydrogen) atoms. The second kappa shape index (κ2) is 9.25. The number of methoxy groups -OCH3 is 1. The fraction of sp³-hybridized carbons (Fsp3) is 0.500. The highest BCUT2D eigenvalue weighted by Crippen LogP contribution is 2.31. The summed E-state index contributed by atoms with van der Waals surface area (Å²) in [7, 11) is 3.51. The maximum absolute atomic E-state index is 5.86. The number of rotatable bonds is 9. The molecule has 0 saturated heterocycles. The van der Waals surface area contributed by atoms with E-state index in [0.717, 1.165) is 34.7 Å². The average Bonchev–Trinajstić information content (AvgIpc) is 2.62. The van der Waals surface area contributed by atoms with Crippen molar-refractivity contribution in [3.05, 3.63) is 29.5 Å². The van der Waals surface area contributed by atoms with Gasteiger partial charge in [-0.25, -0.2) is 9.97 Å². The summed E-state index contributed by atoms with van der Waals surface area (Å²) in [5.74, 6) is 2.09. The zero-order valence-corrected chi connectivity index (χ0v) is 16.0. The third kappa shape index (κ3) is 4.84. The second-order valence-corrected chi connectivity index (χ2v) is 6.15. The SMILES string of the molecule is CCCCCCOc1nc(C)c(-c2ccc(OC)cc2C)nc1NC. The molecule has 0 spiro atoms. The Kier molecular flexibility index (Phi) is 7.04. The van der Waals surface area contributed by atoms with Gasteiger partial charge in [0.1, 0.15) is 5.75 Å². The fourth-order valence-corrected chi connectivity index (χ4v) is 2.74. The molecular formula is C20H29N3O2. The maximum atomic E-state index is 5.86. The number of aromatic nitrogens is 2. The molecule has 0 aliphatic rings. The Morgan fingerprint density at radius 3 is 2.52 bits per heavy atom. The van der Waals surface area contributed by atoms with Gasteiger partial charge in [0.25, 0.3) is 5.88 Å². The molecule has 0 fully saturated rings. The molecule has 1 heterocycles. The molecule has 2 rings (SSSR count). The van der Waals surface area contributed by atoms with Crippen molar-refractivity contribution >= 4 is 5.82 Å². The fourth-order valence-electron chi connectivity index (χ4n) is 2.74. The first-order chi connectivity index (χ1) is 12.1. The predicted octanol–water partition coefficient (Wildman–Crippen LogP) is 4.77. The summed E-state index contributed by atoms with van der Waals surface area (Å²) < 4.78 is 11.1. The minimum absolute atomic E-state index is 0.575. The number of hydrogen-bond donors (Lipinski definition) is 1. The molecule has 5 nitrogen and oxygen atoms in total. The molecule has 0 saturated carbocycles. The molecule has 1 N–H and O–H groups in total. The van der Waals surface area contributed by atoms with Crippen LogP contribution in [-0.4, -0.2) is 30.7 Å². The molecular weight excluding hydrogens is 314 g/mol. The minimum Gasteiger partial charge on any atom is -0.497 e. The van der Waals surface area contributed by atoms with E-state index < -0.39 is 0 Å². The lowest BCUT2D eigenvalue weighted by Crippen LogP contribution is -2.07. The first-order valence-corrected chi connectivity index (χ1v) is 8.94. The van der Waals surface area contributed by atoms with Gasteiger partial charge in [0, 0.05) is 12.6 Å². The van der Waals surface area contributed by atoms with Crippen LogP contribution in [0.2, 0.25) is 0 Å². The van der Waals surface area contributed by atoms with Crippen LogP contribution in [0.4, 0.5) is 5.82 Å². The molecule has 0 aliphatic carbocycles. The first-order valence-electron chi connectivity index (χ1n) is 8.94. The number of hydrogen-bond acceptors (Lipinski definition) is 5. The van der Waals surface area contributed by atoms with Crippen molar-refractivity contribution in [1.29, 1.82) is 0 Å². The van der Waals surface area contributed by atoms with Crippen LogP contribution in [0.25, 0.3) is 11.3 Å². The van der Waals surface area contributed by atoms with Gasteiger partial charge in [-0.15, -0.1) is 0 Å². The number of nitrogens with one attached hydrogen (secondary N) is 1. The van der Waals surface area contributed by atoms with Crippen molar-refractivity contribution in [3.8, 4) is 22.9 Å². The van der Waals surface area contributed by atoms with Gasteiger partial charge in [-0.1, -0.05) is 26.2 Å². The van der Waals surface area contributed by atoms with Crippen LogP contribution in [0.15, 0.2) is 18.2 Å². The number of ether oxygens (including phenoxy) is 2. The standard InChI is InChI=1S/C20H29N3O2/c1-6-7-8-9-12-25-20-19(21-4)23-18(15(3)22-20)17-11-10-16(24-5)13-14(17)2/h10-11,13H,6-9,12H2,1-5H3,(H,21,23). The van der Waals surface area contributed by atoms with Crippen LogP contribution in [0.3, 0.4) is 0 Å². The van der Waals surface area contributed by atoms with Crippen LogP contribution in [0.1, 0.15) is 43.9 Å². The van der Waals surface area contributed by atoms with Crippen molar-refractivity contribution in [3.63, 3.8) is 0 Å². The summed E-state index contributed by atoms with van der Waals surface area (Å²) in [6.07, 6.45) is 4.68. The number of aryl methyl sites for hydroxylation is 2. The summed E-state index contributed by atoms with van der Waals surface area (Å²) in [6.45, 7) is 6.89. The smallest absolute Gasteiger partial charge is 0.257 e. The van der Waals surface area contributed by atoms with Crippen molar-refractivity contribution in [2.24, 2.45) is 0 Å². The summed E-state index contributed by atoms with van der Waals surface area (Å²) in [4.78, 5) is 9.40. The van der Waals surface area contributed by atoms with Crippen LogP contribution in [0.5, 0.6) is 11.6 Å². The summed E-state index contributed by atoms with van der Waals surface area (Å²) in [5.41, 5.74) is 3.88. The van der Waals surface area contributed by atoms with E-state index in [1.807, 2.05) is 32.2 Å². The Morgan fingerprint density at radius 1 is 1.08 bits per heavy atom. The lowest BCUT2D eigenvalue weighted by Gasteiger charge is -2.15. The van der Waals surface area contributed by atoms with Gasteiger partial charge in [0.05, 0.1) is 25.1 Å². The molecule has 5 heteroatoms. The second-order valence-electron chi connectivity index (χ2n) is 6.15. The number of anilines is 1. The lowest BCUT2D eigenvalue weighted by molar-refractivity contribution is 0.294. The Hall–Kier alpha value is -2.30. The summed E-state index contributed by atoms with van der Waals surface area (Å²) in [6, 6.07) is 5.98. The largest absolute Gasteiger partial charge is 0.497 e. The normalized spacial score (nSPS) is 10.6. The number of nitrogens with zero attached hydrogens (tertiary/aromatic N) is 2. The third-order valence-corrected chi connectivity index (χ3v) is 4.20. The van der Waals surface area contributed by atoms with Gasteiger partial charge >= 0.3 is 0 Å². The lowest BCUT2D eigenvalue weighted by atomic mass is 10.0. The molecule has 0 amide bonds. The van der Waals surface area contributed by atoms with E-state index >= 15 is 0 Å². The van der Waals surface area contributed by atoms with Gasteiger partial charge in [-0.05, 0) is 44.0 Å². The van der Waals surface area contributed by atoms with Crippen LogP contribution < -0.4 is 14.8 Å². The topological polar surface area (TPSA) is 56.3 Å². The van der Waals surface area contributed by atoms with E-state index in [0.29, 0.717) is 18.3 Å². The first kappa shape index (κ1) is 19.0. The van der Waals surface area contributed by atoms with Crippen LogP contribution in [0, 0.1) is 13.8 Å². The zero-order chi connectivity index (χ0) is 18.2. The molecule has 0 radical (unpaired) electrons. The quantitative estimate of drug-likeness (QED) is 0.665. The van der Waals surface area contributed by atoms with Crippen molar-refractivity contribution in [2.45, 2.75) is 46.5 Å². The van der Waals surface area contributed by atoms with Crippen LogP contribution in [-0.2, 0) is 0 Å². The molecule has 2 aromatic rings. The highest BCUT2D eigenvalue weighted by molar-refractivity contribution is 5.69. The van der Waals surface area contributed by atoms with Crippen molar-refractivity contribution in [2.75, 3.05) is 26.1 Å². The Morgan fingerprint density at radius 2 is 1.88 bits per heavy atom.